The van der Waals surface area contributed by atoms with Crippen LogP contribution < -0.4 is 26.3 Å². The summed E-state index contributed by atoms with van der Waals surface area (Å²) in [6, 6.07) is 22.0. The molecule has 218 valence electrons. The van der Waals surface area contributed by atoms with Crippen molar-refractivity contribution < 1.29 is 23.7 Å². The van der Waals surface area contributed by atoms with Gasteiger partial charge in [-0.05, 0) is 40.8 Å². The molecule has 3 aromatic carbocycles. The molecule has 0 fully saturated rings. The van der Waals surface area contributed by atoms with Gasteiger partial charge in [0.2, 0.25) is 18.1 Å². The van der Waals surface area contributed by atoms with E-state index in [0.29, 0.717) is 18.5 Å². The highest BCUT2D eigenvalue weighted by atomic mass is 16.2. The van der Waals surface area contributed by atoms with Gasteiger partial charge in [0.25, 0.3) is 11.8 Å². The highest BCUT2D eigenvalue weighted by Crippen LogP contribution is 2.15. The second-order valence-corrected chi connectivity index (χ2v) is 10.7. The maximum Gasteiger partial charge on any atom is 0.262 e. The van der Waals surface area contributed by atoms with Crippen LogP contribution >= 0.6 is 0 Å². The van der Waals surface area contributed by atoms with Gasteiger partial charge in [-0.15, -0.1) is 0 Å². The van der Waals surface area contributed by atoms with E-state index in [0.717, 1.165) is 16.3 Å². The van der Waals surface area contributed by atoms with Crippen molar-refractivity contribution >= 4 is 34.4 Å². The smallest absolute Gasteiger partial charge is 0.262 e. The quantitative estimate of drug-likeness (QED) is 0.182. The number of carbonyl (C=O) groups excluding carboxylic acids is 4. The van der Waals surface area contributed by atoms with Crippen LogP contribution in [0, 0.1) is 5.92 Å². The summed E-state index contributed by atoms with van der Waals surface area (Å²) in [5, 5.41) is 10.4. The van der Waals surface area contributed by atoms with Crippen LogP contribution in [0.25, 0.3) is 10.8 Å². The van der Waals surface area contributed by atoms with Gasteiger partial charge in [0, 0.05) is 5.56 Å². The van der Waals surface area contributed by atoms with Crippen LogP contribution in [0.1, 0.15) is 29.8 Å². The Bertz CT molecular complexity index is 1550. The zero-order chi connectivity index (χ0) is 30.1. The first-order valence-corrected chi connectivity index (χ1v) is 13.9. The fourth-order valence-electron chi connectivity index (χ4n) is 4.78. The molecule has 4 aromatic rings. The number of benzene rings is 3. The third-order valence-corrected chi connectivity index (χ3v) is 6.90. The van der Waals surface area contributed by atoms with E-state index in [4.69, 9.17) is 5.73 Å². The topological polar surface area (TPSA) is 139 Å². The molecule has 4 rings (SSSR count). The van der Waals surface area contributed by atoms with Crippen molar-refractivity contribution in [3.8, 4) is 0 Å². The van der Waals surface area contributed by atoms with Crippen molar-refractivity contribution in [1.29, 1.82) is 0 Å². The SMILES string of the molecule is CC(C)[C@H](NC(=O)C[n+]1ccn(C[C@H](Cc2ccccc2)NC(=O)CNC(=O)c2ccc3ccccc3c2)c1)C(N)=O. The lowest BCUT2D eigenvalue weighted by atomic mass is 10.0. The Kier molecular flexibility index (Phi) is 10.0. The molecule has 1 aromatic heterocycles. The molecule has 0 saturated carbocycles. The van der Waals surface area contributed by atoms with E-state index in [9.17, 15) is 19.2 Å². The number of hydrogen-bond donors (Lipinski definition) is 4. The first-order valence-electron chi connectivity index (χ1n) is 13.9. The summed E-state index contributed by atoms with van der Waals surface area (Å²) in [6.45, 7) is 3.91. The summed E-state index contributed by atoms with van der Waals surface area (Å²) in [6.07, 6.45) is 5.89. The van der Waals surface area contributed by atoms with Crippen molar-refractivity contribution in [3.63, 3.8) is 0 Å². The Balaban J connectivity index is 1.36. The van der Waals surface area contributed by atoms with E-state index in [1.807, 2.05) is 85.3 Å². The molecule has 4 amide bonds. The average molecular weight is 570 g/mol. The van der Waals surface area contributed by atoms with E-state index in [1.165, 1.54) is 0 Å². The molecule has 0 saturated heterocycles. The molecule has 0 bridgehead atoms. The number of nitrogens with zero attached hydrogens (tertiary/aromatic N) is 2. The lowest BCUT2D eigenvalue weighted by molar-refractivity contribution is -0.684. The molecule has 0 aliphatic rings. The summed E-state index contributed by atoms with van der Waals surface area (Å²) in [5.74, 6) is -1.66. The first kappa shape index (κ1) is 30.0. The van der Waals surface area contributed by atoms with Crippen LogP contribution in [0.4, 0.5) is 0 Å². The Hall–Kier alpha value is -4.99. The highest BCUT2D eigenvalue weighted by molar-refractivity contribution is 6.00. The minimum absolute atomic E-state index is 0.0139. The summed E-state index contributed by atoms with van der Waals surface area (Å²) in [4.78, 5) is 49.8. The van der Waals surface area contributed by atoms with E-state index in [2.05, 4.69) is 16.0 Å². The molecular weight excluding hydrogens is 532 g/mol. The van der Waals surface area contributed by atoms with Gasteiger partial charge < -0.3 is 21.7 Å². The van der Waals surface area contributed by atoms with Crippen LogP contribution in [0.5, 0.6) is 0 Å². The monoisotopic (exact) mass is 569 g/mol. The third-order valence-electron chi connectivity index (χ3n) is 6.90. The molecule has 0 unspecified atom stereocenters. The summed E-state index contributed by atoms with van der Waals surface area (Å²) >= 11 is 0. The molecule has 0 aliphatic carbocycles. The number of carbonyl (C=O) groups is 4. The second-order valence-electron chi connectivity index (χ2n) is 10.7. The zero-order valence-electron chi connectivity index (χ0n) is 23.8. The number of rotatable bonds is 13. The average Bonchev–Trinajstić information content (AvgIpc) is 3.40. The zero-order valence-corrected chi connectivity index (χ0v) is 23.8. The largest absolute Gasteiger partial charge is 0.368 e. The molecule has 10 heteroatoms. The van der Waals surface area contributed by atoms with Crippen molar-refractivity contribution in [2.24, 2.45) is 11.7 Å². The maximum atomic E-state index is 12.9. The molecule has 0 spiro atoms. The minimum Gasteiger partial charge on any atom is -0.368 e. The van der Waals surface area contributed by atoms with Gasteiger partial charge in [-0.1, -0.05) is 74.5 Å². The molecular formula is C32H37N6O4+. The normalized spacial score (nSPS) is 12.5. The van der Waals surface area contributed by atoms with E-state index in [-0.39, 0.29) is 42.8 Å². The maximum absolute atomic E-state index is 12.9. The standard InChI is InChI=1S/C32H36N6O4/c1-22(2)30(31(33)41)36-29(40)20-38-15-14-37(21-38)19-27(16-23-8-4-3-5-9-23)35-28(39)18-34-32(42)26-13-12-24-10-6-7-11-25(24)17-26/h3-15,17,21-22,27,30H,16,18-20H2,1-2H3,(H4-,33,34,35,36,39,40,41,42)/p+1/t27-,30-/m0/s1. The molecule has 2 atom stereocenters. The number of fused-ring (bicyclic) bond motifs is 1. The van der Waals surface area contributed by atoms with Gasteiger partial charge >= 0.3 is 0 Å². The molecule has 1 heterocycles. The number of nitrogens with two attached hydrogens (primary N) is 1. The third kappa shape index (κ3) is 8.50. The Labute approximate surface area is 244 Å². The van der Waals surface area contributed by atoms with Gasteiger partial charge in [-0.3, -0.25) is 19.2 Å². The van der Waals surface area contributed by atoms with Crippen LogP contribution in [-0.2, 0) is 33.9 Å². The highest BCUT2D eigenvalue weighted by Gasteiger charge is 2.23. The minimum atomic E-state index is -0.743. The Morgan fingerprint density at radius 1 is 0.881 bits per heavy atom. The molecule has 5 N–H and O–H groups in total. The predicted octanol–water partition coefficient (Wildman–Crippen LogP) is 1.71. The number of aromatic nitrogens is 2. The van der Waals surface area contributed by atoms with E-state index in [1.54, 1.807) is 29.2 Å². The number of nitrogens with one attached hydrogen (secondary N) is 3. The van der Waals surface area contributed by atoms with Crippen LogP contribution in [0.2, 0.25) is 0 Å². The van der Waals surface area contributed by atoms with Crippen LogP contribution in [-0.4, -0.2) is 46.8 Å². The fraction of sp³-hybridized carbons (Fsp3) is 0.281. The van der Waals surface area contributed by atoms with Crippen LogP contribution in [0.3, 0.4) is 0 Å². The number of amides is 4. The van der Waals surface area contributed by atoms with E-state index < -0.39 is 11.9 Å². The van der Waals surface area contributed by atoms with Gasteiger partial charge in [-0.2, -0.15) is 0 Å². The fourth-order valence-corrected chi connectivity index (χ4v) is 4.78. The van der Waals surface area contributed by atoms with E-state index >= 15 is 0 Å². The predicted molar refractivity (Wildman–Crippen MR) is 159 cm³/mol. The van der Waals surface area contributed by atoms with Crippen molar-refractivity contribution in [3.05, 3.63) is 103 Å². The molecule has 0 radical (unpaired) electrons. The molecule has 10 nitrogen and oxygen atoms in total. The molecule has 0 aliphatic heterocycles. The van der Waals surface area contributed by atoms with Crippen molar-refractivity contribution in [2.75, 3.05) is 6.54 Å². The van der Waals surface area contributed by atoms with Gasteiger partial charge in [0.1, 0.15) is 25.0 Å². The Morgan fingerprint density at radius 2 is 1.60 bits per heavy atom. The lowest BCUT2D eigenvalue weighted by Crippen LogP contribution is -2.51. The summed E-state index contributed by atoms with van der Waals surface area (Å²) in [7, 11) is 0. The second kappa shape index (κ2) is 14.1. The van der Waals surface area contributed by atoms with Crippen molar-refractivity contribution in [2.45, 2.75) is 45.4 Å². The molecule has 42 heavy (non-hydrogen) atoms. The number of imidazole rings is 1. The van der Waals surface area contributed by atoms with Crippen molar-refractivity contribution in [1.82, 2.24) is 20.5 Å². The number of primary amides is 1. The van der Waals surface area contributed by atoms with Gasteiger partial charge in [0.15, 0.2) is 6.54 Å². The summed E-state index contributed by atoms with van der Waals surface area (Å²) < 4.78 is 3.57. The van der Waals surface area contributed by atoms with Crippen LogP contribution in [0.15, 0.2) is 91.5 Å². The summed E-state index contributed by atoms with van der Waals surface area (Å²) in [5.41, 5.74) is 6.94. The number of hydrogen-bond acceptors (Lipinski definition) is 4. The van der Waals surface area contributed by atoms with Gasteiger partial charge in [0.05, 0.1) is 12.6 Å². The Morgan fingerprint density at radius 3 is 2.31 bits per heavy atom. The lowest BCUT2D eigenvalue weighted by Gasteiger charge is -2.18. The van der Waals surface area contributed by atoms with Gasteiger partial charge in [-0.25, -0.2) is 9.13 Å². The first-order chi connectivity index (χ1) is 20.2.